The Bertz CT molecular complexity index is 697. The second-order valence-corrected chi connectivity index (χ2v) is 7.83. The molecular formula is C16H19Cl2N3S. The highest BCUT2D eigenvalue weighted by Crippen LogP contribution is 2.46. The molecule has 0 radical (unpaired) electrons. The summed E-state index contributed by atoms with van der Waals surface area (Å²) in [6, 6.07) is 5.77. The molecule has 1 N–H and O–H groups in total. The molecule has 1 aliphatic rings. The molecule has 0 bridgehead atoms. The molecule has 22 heavy (non-hydrogen) atoms. The maximum absolute atomic E-state index is 6.48. The molecule has 0 saturated carbocycles. The van der Waals surface area contributed by atoms with Gasteiger partial charge in [-0.25, -0.2) is 0 Å². The van der Waals surface area contributed by atoms with Crippen molar-refractivity contribution >= 4 is 40.8 Å². The van der Waals surface area contributed by atoms with Crippen LogP contribution in [0.15, 0.2) is 18.2 Å². The first-order chi connectivity index (χ1) is 10.5. The van der Waals surface area contributed by atoms with Gasteiger partial charge in [0, 0.05) is 35.0 Å². The normalized spacial score (nSPS) is 18.0. The lowest BCUT2D eigenvalue weighted by atomic mass is 9.98. The minimum absolute atomic E-state index is 0.181. The molecule has 0 fully saturated rings. The van der Waals surface area contributed by atoms with E-state index in [1.807, 2.05) is 41.7 Å². The smallest absolute Gasteiger partial charge is 0.128 e. The molecule has 1 aromatic carbocycles. The highest BCUT2D eigenvalue weighted by molar-refractivity contribution is 7.99. The Morgan fingerprint density at radius 2 is 2.14 bits per heavy atom. The number of aryl methyl sites for hydroxylation is 1. The van der Waals surface area contributed by atoms with E-state index in [2.05, 4.69) is 19.2 Å². The molecule has 0 spiro atoms. The van der Waals surface area contributed by atoms with Crippen molar-refractivity contribution in [3.05, 3.63) is 45.1 Å². The van der Waals surface area contributed by atoms with Crippen LogP contribution in [0, 0.1) is 0 Å². The average molecular weight is 356 g/mol. The van der Waals surface area contributed by atoms with E-state index < -0.39 is 0 Å². The van der Waals surface area contributed by atoms with Crippen LogP contribution in [-0.4, -0.2) is 22.1 Å². The second kappa shape index (κ2) is 6.34. The quantitative estimate of drug-likeness (QED) is 0.812. The highest BCUT2D eigenvalue weighted by Gasteiger charge is 2.30. The molecule has 1 unspecified atom stereocenters. The van der Waals surface area contributed by atoms with Gasteiger partial charge in [-0.05, 0) is 23.6 Å². The summed E-state index contributed by atoms with van der Waals surface area (Å²) >= 11 is 14.4. The molecule has 0 amide bonds. The zero-order chi connectivity index (χ0) is 15.9. The lowest BCUT2D eigenvalue weighted by Gasteiger charge is -2.19. The van der Waals surface area contributed by atoms with Gasteiger partial charge in [-0.2, -0.15) is 5.10 Å². The van der Waals surface area contributed by atoms with Crippen molar-refractivity contribution in [2.45, 2.75) is 25.0 Å². The zero-order valence-electron chi connectivity index (χ0n) is 12.9. The zero-order valence-corrected chi connectivity index (χ0v) is 15.2. The van der Waals surface area contributed by atoms with Gasteiger partial charge in [0.25, 0.3) is 0 Å². The van der Waals surface area contributed by atoms with Crippen LogP contribution in [0.5, 0.6) is 0 Å². The van der Waals surface area contributed by atoms with Gasteiger partial charge in [-0.3, -0.25) is 4.68 Å². The molecule has 0 aliphatic carbocycles. The maximum atomic E-state index is 6.48. The molecule has 3 nitrogen and oxygen atoms in total. The third kappa shape index (κ3) is 2.84. The van der Waals surface area contributed by atoms with Gasteiger partial charge in [-0.1, -0.05) is 43.1 Å². The van der Waals surface area contributed by atoms with Gasteiger partial charge in [0.15, 0.2) is 0 Å². The summed E-state index contributed by atoms with van der Waals surface area (Å²) in [5.41, 5.74) is 3.50. The van der Waals surface area contributed by atoms with Crippen LogP contribution in [0.3, 0.4) is 0 Å². The number of rotatable bonds is 2. The Balaban J connectivity index is 2.18. The second-order valence-electron chi connectivity index (χ2n) is 5.77. The van der Waals surface area contributed by atoms with E-state index in [1.165, 1.54) is 5.56 Å². The summed E-state index contributed by atoms with van der Waals surface area (Å²) in [7, 11) is 1.99. The third-order valence-electron chi connectivity index (χ3n) is 3.85. The molecule has 118 valence electrons. The van der Waals surface area contributed by atoms with Crippen LogP contribution >= 0.6 is 35.0 Å². The van der Waals surface area contributed by atoms with E-state index in [1.54, 1.807) is 0 Å². The maximum Gasteiger partial charge on any atom is 0.128 e. The van der Waals surface area contributed by atoms with Crippen molar-refractivity contribution in [2.75, 3.05) is 17.6 Å². The van der Waals surface area contributed by atoms with E-state index in [0.29, 0.717) is 10.9 Å². The molecule has 1 aromatic heterocycles. The Morgan fingerprint density at radius 3 is 2.82 bits per heavy atom. The van der Waals surface area contributed by atoms with Gasteiger partial charge in [-0.15, -0.1) is 11.8 Å². The summed E-state index contributed by atoms with van der Waals surface area (Å²) < 4.78 is 1.95. The molecule has 6 heteroatoms. The summed E-state index contributed by atoms with van der Waals surface area (Å²) in [6.07, 6.45) is 0. The highest BCUT2D eigenvalue weighted by atomic mass is 35.5. The van der Waals surface area contributed by atoms with Crippen LogP contribution in [0.2, 0.25) is 10.0 Å². The monoisotopic (exact) mass is 355 g/mol. The lowest BCUT2D eigenvalue weighted by molar-refractivity contribution is 0.714. The number of hydrogen-bond donors (Lipinski definition) is 1. The number of fused-ring (bicyclic) bond motifs is 1. The van der Waals surface area contributed by atoms with Crippen molar-refractivity contribution < 1.29 is 0 Å². The number of anilines is 1. The van der Waals surface area contributed by atoms with Gasteiger partial charge in [0.05, 0.1) is 10.9 Å². The first-order valence-corrected chi connectivity index (χ1v) is 9.16. The molecular weight excluding hydrogens is 337 g/mol. The topological polar surface area (TPSA) is 29.9 Å². The fourth-order valence-electron chi connectivity index (χ4n) is 2.84. The lowest BCUT2D eigenvalue weighted by Crippen LogP contribution is -2.06. The minimum atomic E-state index is 0.181. The minimum Gasteiger partial charge on any atom is -0.369 e. The summed E-state index contributed by atoms with van der Waals surface area (Å²) in [4.78, 5) is 0. The number of halogens is 2. The number of benzene rings is 1. The SMILES string of the molecule is CC(C)c1nn(C)c2c1C(c1ccc(Cl)cc1Cl)SCCN2. The largest absolute Gasteiger partial charge is 0.369 e. The van der Waals surface area contributed by atoms with Gasteiger partial charge in [0.2, 0.25) is 0 Å². The summed E-state index contributed by atoms with van der Waals surface area (Å²) in [6.45, 7) is 5.29. The number of aromatic nitrogens is 2. The fraction of sp³-hybridized carbons (Fsp3) is 0.438. The van der Waals surface area contributed by atoms with Crippen LogP contribution in [-0.2, 0) is 7.05 Å². The Hall–Kier alpha value is -0.840. The van der Waals surface area contributed by atoms with Crippen molar-refractivity contribution in [1.29, 1.82) is 0 Å². The van der Waals surface area contributed by atoms with E-state index >= 15 is 0 Å². The summed E-state index contributed by atoms with van der Waals surface area (Å²) in [5.74, 6) is 2.49. The van der Waals surface area contributed by atoms with Crippen molar-refractivity contribution in [3.63, 3.8) is 0 Å². The first kappa shape index (κ1) is 16.0. The van der Waals surface area contributed by atoms with Crippen LogP contribution in [0.25, 0.3) is 0 Å². The standard InChI is InChI=1S/C16H19Cl2N3S/c1-9(2)14-13-15(11-5-4-10(17)8-12(11)18)22-7-6-19-16(13)21(3)20-14/h4-5,8-9,15,19H,6-7H2,1-3H3. The molecule has 1 aliphatic heterocycles. The van der Waals surface area contributed by atoms with Crippen LogP contribution < -0.4 is 5.32 Å². The number of hydrogen-bond acceptors (Lipinski definition) is 3. The van der Waals surface area contributed by atoms with E-state index in [4.69, 9.17) is 28.3 Å². The number of nitrogens with one attached hydrogen (secondary N) is 1. The number of thioether (sulfide) groups is 1. The molecule has 0 saturated heterocycles. The average Bonchev–Trinajstić information content (AvgIpc) is 2.65. The van der Waals surface area contributed by atoms with Crippen LogP contribution in [0.1, 0.15) is 41.8 Å². The van der Waals surface area contributed by atoms with E-state index in [-0.39, 0.29) is 5.25 Å². The molecule has 3 rings (SSSR count). The van der Waals surface area contributed by atoms with E-state index in [9.17, 15) is 0 Å². The van der Waals surface area contributed by atoms with Crippen molar-refractivity contribution in [1.82, 2.24) is 9.78 Å². The Kier molecular flexibility index (Phi) is 4.62. The van der Waals surface area contributed by atoms with Gasteiger partial charge >= 0.3 is 0 Å². The molecule has 2 aromatic rings. The van der Waals surface area contributed by atoms with Gasteiger partial charge < -0.3 is 5.32 Å². The summed E-state index contributed by atoms with van der Waals surface area (Å²) in [5, 5.41) is 9.81. The number of nitrogens with zero attached hydrogens (tertiary/aromatic N) is 2. The van der Waals surface area contributed by atoms with Gasteiger partial charge in [0.1, 0.15) is 5.82 Å². The Morgan fingerprint density at radius 1 is 1.36 bits per heavy atom. The predicted molar refractivity (Wildman–Crippen MR) is 96.5 cm³/mol. The van der Waals surface area contributed by atoms with Crippen molar-refractivity contribution in [2.24, 2.45) is 7.05 Å². The third-order valence-corrected chi connectivity index (χ3v) is 5.67. The van der Waals surface area contributed by atoms with Crippen molar-refractivity contribution in [3.8, 4) is 0 Å². The predicted octanol–water partition coefficient (Wildman–Crippen LogP) is 5.10. The molecule has 1 atom stereocenters. The fourth-order valence-corrected chi connectivity index (χ4v) is 4.67. The molecule has 2 heterocycles. The first-order valence-electron chi connectivity index (χ1n) is 7.36. The Labute approximate surface area is 145 Å². The van der Waals surface area contributed by atoms with Crippen LogP contribution in [0.4, 0.5) is 5.82 Å². The van der Waals surface area contributed by atoms with E-state index in [0.717, 1.165) is 34.4 Å².